The number of halogens is 1. The van der Waals surface area contributed by atoms with Gasteiger partial charge >= 0.3 is 0 Å². The van der Waals surface area contributed by atoms with Gasteiger partial charge in [0.15, 0.2) is 0 Å². The van der Waals surface area contributed by atoms with Gasteiger partial charge in [-0.25, -0.2) is 10.4 Å². The molecule has 0 aliphatic carbocycles. The molecule has 0 radical (unpaired) electrons. The summed E-state index contributed by atoms with van der Waals surface area (Å²) < 4.78 is 0. The molecular weight excluding hydrogens is 136 g/mol. The average Bonchev–Trinajstić information content (AvgIpc) is 1.67. The molecule has 0 aliphatic rings. The maximum absolute atomic E-state index is 6.51. The van der Waals surface area contributed by atoms with Crippen LogP contribution in [0.15, 0.2) is 4.99 Å². The molecule has 0 saturated carbocycles. The molecule has 0 aliphatic heterocycles. The summed E-state index contributed by atoms with van der Waals surface area (Å²) in [6, 6.07) is 2.27. The average molecular weight is 149 g/mol. The molecule has 0 aromatic carbocycles. The Morgan fingerprint density at radius 1 is 1.33 bits per heavy atom. The zero-order valence-electron chi connectivity index (χ0n) is 6.01. The van der Waals surface area contributed by atoms with Gasteiger partial charge in [0.2, 0.25) is 0 Å². The van der Waals surface area contributed by atoms with E-state index in [0.717, 1.165) is 0 Å². The second-order valence-electron chi connectivity index (χ2n) is 2.23. The van der Waals surface area contributed by atoms with Crippen LogP contribution in [0.5, 0.6) is 0 Å². The Bertz CT molecular complexity index is 106. The summed E-state index contributed by atoms with van der Waals surface area (Å²) in [7, 11) is 0. The molecule has 0 rings (SSSR count). The molecule has 1 atom stereocenters. The number of hydrogen-bond acceptors (Lipinski definition) is 2. The third-order valence-electron chi connectivity index (χ3n) is 1.23. The zero-order valence-corrected chi connectivity index (χ0v) is 6.83. The van der Waals surface area contributed by atoms with Crippen molar-refractivity contribution in [1.82, 2.24) is 0 Å². The van der Waals surface area contributed by atoms with E-state index in [0.29, 0.717) is 5.92 Å². The Hall–Kier alpha value is -0.330. The third kappa shape index (κ3) is 5.54. The minimum absolute atomic E-state index is 0. The minimum atomic E-state index is 0. The highest BCUT2D eigenvalue weighted by molar-refractivity contribution is 5.85. The highest BCUT2D eigenvalue weighted by atomic mass is 35.5. The lowest BCUT2D eigenvalue weighted by Crippen LogP contribution is -2.05. The SMILES string of the molecule is CC(C)C(C)N=C=N.Cl. The standard InChI is InChI=1S/C6H12N2.ClH/c1-5(2)6(3)8-4-7;/h5-7H,1-3H3;1H. The fourth-order valence-corrected chi connectivity index (χ4v) is 0.251. The van der Waals surface area contributed by atoms with Crippen molar-refractivity contribution in [3.05, 3.63) is 0 Å². The van der Waals surface area contributed by atoms with Crippen molar-refractivity contribution in [3.63, 3.8) is 0 Å². The largest absolute Gasteiger partial charge is 0.242 e. The van der Waals surface area contributed by atoms with Crippen LogP contribution in [0.4, 0.5) is 0 Å². The molecule has 0 spiro atoms. The van der Waals surface area contributed by atoms with E-state index in [1.165, 1.54) is 0 Å². The van der Waals surface area contributed by atoms with E-state index in [4.69, 9.17) is 5.41 Å². The van der Waals surface area contributed by atoms with Gasteiger partial charge < -0.3 is 0 Å². The Kier molecular flexibility index (Phi) is 7.39. The molecule has 0 heterocycles. The Labute approximate surface area is 62.3 Å². The molecule has 2 nitrogen and oxygen atoms in total. The van der Waals surface area contributed by atoms with Crippen molar-refractivity contribution in [3.8, 4) is 0 Å². The quantitative estimate of drug-likeness (QED) is 0.583. The van der Waals surface area contributed by atoms with Gasteiger partial charge in [-0.15, -0.1) is 12.4 Å². The van der Waals surface area contributed by atoms with E-state index >= 15 is 0 Å². The Morgan fingerprint density at radius 2 is 1.78 bits per heavy atom. The highest BCUT2D eigenvalue weighted by Gasteiger charge is 2.01. The molecule has 1 N–H and O–H groups in total. The van der Waals surface area contributed by atoms with Gasteiger partial charge in [-0.2, -0.15) is 0 Å². The molecule has 1 unspecified atom stereocenters. The summed E-state index contributed by atoms with van der Waals surface area (Å²) in [5.41, 5.74) is 0. The topological polar surface area (TPSA) is 36.2 Å². The molecule has 0 amide bonds. The fourth-order valence-electron chi connectivity index (χ4n) is 0.251. The summed E-state index contributed by atoms with van der Waals surface area (Å²) in [5, 5.41) is 6.51. The van der Waals surface area contributed by atoms with Crippen molar-refractivity contribution in [2.45, 2.75) is 26.8 Å². The molecule has 0 bridgehead atoms. The molecule has 0 saturated heterocycles. The lowest BCUT2D eigenvalue weighted by molar-refractivity contribution is 0.533. The predicted octanol–water partition coefficient (Wildman–Crippen LogP) is 2.21. The van der Waals surface area contributed by atoms with E-state index < -0.39 is 0 Å². The molecular formula is C6H13ClN2. The lowest BCUT2D eigenvalue weighted by atomic mass is 10.1. The fraction of sp³-hybridized carbons (Fsp3) is 0.833. The highest BCUT2D eigenvalue weighted by Crippen LogP contribution is 2.02. The van der Waals surface area contributed by atoms with Crippen LogP contribution < -0.4 is 0 Å². The number of hydrogen-bond donors (Lipinski definition) is 1. The van der Waals surface area contributed by atoms with Crippen LogP contribution in [0.25, 0.3) is 0 Å². The monoisotopic (exact) mass is 148 g/mol. The number of nitrogens with zero attached hydrogens (tertiary/aromatic N) is 1. The summed E-state index contributed by atoms with van der Waals surface area (Å²) in [6.07, 6.45) is 0. The van der Waals surface area contributed by atoms with Crippen molar-refractivity contribution in [1.29, 1.82) is 5.41 Å². The van der Waals surface area contributed by atoms with Gasteiger partial charge in [-0.05, 0) is 12.8 Å². The molecule has 0 fully saturated rings. The zero-order chi connectivity index (χ0) is 6.57. The first-order chi connectivity index (χ1) is 3.68. The first-order valence-electron chi connectivity index (χ1n) is 2.80. The lowest BCUT2D eigenvalue weighted by Gasteiger charge is -2.05. The van der Waals surface area contributed by atoms with Crippen LogP contribution in [-0.2, 0) is 0 Å². The van der Waals surface area contributed by atoms with Crippen LogP contribution in [0.1, 0.15) is 20.8 Å². The van der Waals surface area contributed by atoms with Crippen LogP contribution in [0.2, 0.25) is 0 Å². The van der Waals surface area contributed by atoms with Crippen molar-refractivity contribution in [2.24, 2.45) is 10.9 Å². The normalized spacial score (nSPS) is 11.6. The summed E-state index contributed by atoms with van der Waals surface area (Å²) in [5.74, 6) is 0.521. The molecule has 0 aromatic heterocycles. The number of rotatable bonds is 2. The van der Waals surface area contributed by atoms with E-state index in [9.17, 15) is 0 Å². The van der Waals surface area contributed by atoms with Gasteiger partial charge in [0.05, 0.1) is 12.1 Å². The molecule has 9 heavy (non-hydrogen) atoms. The first kappa shape index (κ1) is 11.5. The van der Waals surface area contributed by atoms with E-state index in [1.54, 1.807) is 0 Å². The number of aliphatic imine (C=N–C) groups is 1. The smallest absolute Gasteiger partial charge is 0.0864 e. The molecule has 3 heteroatoms. The second kappa shape index (κ2) is 5.80. The van der Waals surface area contributed by atoms with Crippen LogP contribution in [0.3, 0.4) is 0 Å². The molecule has 0 aromatic rings. The van der Waals surface area contributed by atoms with Crippen molar-refractivity contribution >= 4 is 18.4 Å². The van der Waals surface area contributed by atoms with Gasteiger partial charge in [-0.1, -0.05) is 13.8 Å². The number of nitrogens with one attached hydrogen (secondary N) is 1. The molecule has 54 valence electrons. The summed E-state index contributed by atoms with van der Waals surface area (Å²) in [4.78, 5) is 3.74. The van der Waals surface area contributed by atoms with Gasteiger partial charge in [0.1, 0.15) is 0 Å². The van der Waals surface area contributed by atoms with Crippen LogP contribution >= 0.6 is 12.4 Å². The van der Waals surface area contributed by atoms with Crippen LogP contribution in [-0.4, -0.2) is 12.1 Å². The third-order valence-corrected chi connectivity index (χ3v) is 1.23. The maximum Gasteiger partial charge on any atom is 0.0864 e. The van der Waals surface area contributed by atoms with Crippen LogP contribution in [0, 0.1) is 11.3 Å². The first-order valence-corrected chi connectivity index (χ1v) is 2.80. The van der Waals surface area contributed by atoms with Gasteiger partial charge in [0.25, 0.3) is 0 Å². The Balaban J connectivity index is 0. The van der Waals surface area contributed by atoms with Crippen molar-refractivity contribution < 1.29 is 0 Å². The predicted molar refractivity (Wildman–Crippen MR) is 41.7 cm³/mol. The summed E-state index contributed by atoms with van der Waals surface area (Å²) >= 11 is 0. The Morgan fingerprint density at radius 3 is 1.89 bits per heavy atom. The van der Waals surface area contributed by atoms with Gasteiger partial charge in [0, 0.05) is 0 Å². The minimum Gasteiger partial charge on any atom is -0.242 e. The van der Waals surface area contributed by atoms with E-state index in [-0.39, 0.29) is 18.4 Å². The second-order valence-corrected chi connectivity index (χ2v) is 2.23. The maximum atomic E-state index is 6.51. The van der Waals surface area contributed by atoms with E-state index in [1.807, 2.05) is 12.9 Å². The summed E-state index contributed by atoms with van der Waals surface area (Å²) in [6.45, 7) is 6.13. The van der Waals surface area contributed by atoms with E-state index in [2.05, 4.69) is 18.8 Å². The van der Waals surface area contributed by atoms with Crippen molar-refractivity contribution in [2.75, 3.05) is 0 Å². The van der Waals surface area contributed by atoms with Gasteiger partial charge in [-0.3, -0.25) is 0 Å².